The monoisotopic (exact) mass is 197 g/mol. The van der Waals surface area contributed by atoms with Gasteiger partial charge in [-0.1, -0.05) is 19.4 Å². The van der Waals surface area contributed by atoms with Gasteiger partial charge < -0.3 is 10.0 Å². The van der Waals surface area contributed by atoms with Gasteiger partial charge in [-0.25, -0.2) is 0 Å². The molecule has 0 aromatic carbocycles. The lowest BCUT2D eigenvalue weighted by molar-refractivity contribution is -0.156. The maximum absolute atomic E-state index is 11.4. The Hall–Kier alpha value is -0.830. The van der Waals surface area contributed by atoms with E-state index in [1.54, 1.807) is 11.0 Å². The van der Waals surface area contributed by atoms with Crippen LogP contribution in [0, 0.1) is 0 Å². The first-order chi connectivity index (χ1) is 6.61. The summed E-state index contributed by atoms with van der Waals surface area (Å²) in [5.41, 5.74) is -0.599. The SMILES string of the molecule is C=CCCC(=O)N1CC(O)(CCC)C1. The van der Waals surface area contributed by atoms with Crippen LogP contribution >= 0.6 is 0 Å². The minimum atomic E-state index is -0.599. The lowest BCUT2D eigenvalue weighted by atomic mass is 9.89. The quantitative estimate of drug-likeness (QED) is 0.675. The summed E-state index contributed by atoms with van der Waals surface area (Å²) in [6.07, 6.45) is 4.74. The molecule has 1 N–H and O–H groups in total. The molecule has 0 radical (unpaired) electrons. The van der Waals surface area contributed by atoms with Gasteiger partial charge in [0.1, 0.15) is 0 Å². The van der Waals surface area contributed by atoms with Crippen molar-refractivity contribution in [3.8, 4) is 0 Å². The second-order valence-corrected chi connectivity index (χ2v) is 4.05. The molecular weight excluding hydrogens is 178 g/mol. The molecule has 1 rings (SSSR count). The molecule has 3 heteroatoms. The van der Waals surface area contributed by atoms with E-state index in [0.717, 1.165) is 19.3 Å². The van der Waals surface area contributed by atoms with Crippen LogP contribution in [-0.4, -0.2) is 34.6 Å². The molecule has 0 aromatic heterocycles. The number of carbonyl (C=O) groups excluding carboxylic acids is 1. The number of likely N-dealkylation sites (tertiary alicyclic amines) is 1. The van der Waals surface area contributed by atoms with Gasteiger partial charge in [0.25, 0.3) is 0 Å². The van der Waals surface area contributed by atoms with Gasteiger partial charge in [0.2, 0.25) is 5.91 Å². The number of amides is 1. The molecule has 0 aliphatic carbocycles. The van der Waals surface area contributed by atoms with Crippen molar-refractivity contribution in [2.45, 2.75) is 38.2 Å². The van der Waals surface area contributed by atoms with Gasteiger partial charge in [-0.3, -0.25) is 4.79 Å². The molecule has 0 unspecified atom stereocenters. The predicted molar refractivity (Wildman–Crippen MR) is 55.9 cm³/mol. The summed E-state index contributed by atoms with van der Waals surface area (Å²) < 4.78 is 0. The first-order valence-corrected chi connectivity index (χ1v) is 5.22. The highest BCUT2D eigenvalue weighted by Gasteiger charge is 2.42. The van der Waals surface area contributed by atoms with Crippen LogP contribution in [0.2, 0.25) is 0 Å². The van der Waals surface area contributed by atoms with Crippen LogP contribution in [0.1, 0.15) is 32.6 Å². The highest BCUT2D eigenvalue weighted by atomic mass is 16.3. The second-order valence-electron chi connectivity index (χ2n) is 4.05. The van der Waals surface area contributed by atoms with Crippen molar-refractivity contribution in [1.29, 1.82) is 0 Å². The highest BCUT2D eigenvalue weighted by Crippen LogP contribution is 2.26. The third-order valence-corrected chi connectivity index (χ3v) is 2.60. The summed E-state index contributed by atoms with van der Waals surface area (Å²) >= 11 is 0. The van der Waals surface area contributed by atoms with Crippen LogP contribution in [0.25, 0.3) is 0 Å². The average Bonchev–Trinajstić information content (AvgIpc) is 2.10. The van der Waals surface area contributed by atoms with Crippen molar-refractivity contribution in [2.75, 3.05) is 13.1 Å². The van der Waals surface area contributed by atoms with Crippen LogP contribution in [0.3, 0.4) is 0 Å². The molecule has 3 nitrogen and oxygen atoms in total. The van der Waals surface area contributed by atoms with Crippen molar-refractivity contribution in [2.24, 2.45) is 0 Å². The summed E-state index contributed by atoms with van der Waals surface area (Å²) in [5, 5.41) is 9.84. The van der Waals surface area contributed by atoms with Gasteiger partial charge in [-0.15, -0.1) is 6.58 Å². The normalized spacial score (nSPS) is 18.9. The lowest BCUT2D eigenvalue weighted by Crippen LogP contribution is -2.63. The van der Waals surface area contributed by atoms with Crippen LogP contribution in [0.15, 0.2) is 12.7 Å². The van der Waals surface area contributed by atoms with Crippen LogP contribution in [0.5, 0.6) is 0 Å². The van der Waals surface area contributed by atoms with Crippen LogP contribution in [0.4, 0.5) is 0 Å². The zero-order chi connectivity index (χ0) is 10.6. The minimum absolute atomic E-state index is 0.130. The molecule has 1 saturated heterocycles. The van der Waals surface area contributed by atoms with Crippen molar-refractivity contribution < 1.29 is 9.90 Å². The molecule has 0 spiro atoms. The van der Waals surface area contributed by atoms with Crippen molar-refractivity contribution in [1.82, 2.24) is 4.90 Å². The smallest absolute Gasteiger partial charge is 0.223 e. The van der Waals surface area contributed by atoms with Crippen molar-refractivity contribution in [3.63, 3.8) is 0 Å². The molecule has 80 valence electrons. The van der Waals surface area contributed by atoms with Crippen molar-refractivity contribution in [3.05, 3.63) is 12.7 Å². The minimum Gasteiger partial charge on any atom is -0.386 e. The standard InChI is InChI=1S/C11H19NO2/c1-3-5-6-10(13)12-8-11(14,9-12)7-4-2/h3,14H,1,4-9H2,2H3. The molecule has 14 heavy (non-hydrogen) atoms. The summed E-state index contributed by atoms with van der Waals surface area (Å²) in [7, 11) is 0. The van der Waals surface area contributed by atoms with E-state index in [9.17, 15) is 9.90 Å². The van der Waals surface area contributed by atoms with E-state index < -0.39 is 5.60 Å². The van der Waals surface area contributed by atoms with Gasteiger partial charge in [0.15, 0.2) is 0 Å². The van der Waals surface area contributed by atoms with E-state index >= 15 is 0 Å². The average molecular weight is 197 g/mol. The van der Waals surface area contributed by atoms with E-state index in [0.29, 0.717) is 19.5 Å². The first kappa shape index (κ1) is 11.2. The van der Waals surface area contributed by atoms with E-state index in [-0.39, 0.29) is 5.91 Å². The Morgan fingerprint density at radius 2 is 2.29 bits per heavy atom. The number of hydrogen-bond donors (Lipinski definition) is 1. The van der Waals surface area contributed by atoms with E-state index in [4.69, 9.17) is 0 Å². The highest BCUT2D eigenvalue weighted by molar-refractivity contribution is 5.77. The molecule has 1 amide bonds. The fraction of sp³-hybridized carbons (Fsp3) is 0.727. The molecule has 0 atom stereocenters. The number of carbonyl (C=O) groups is 1. The van der Waals surface area contributed by atoms with Gasteiger partial charge >= 0.3 is 0 Å². The summed E-state index contributed by atoms with van der Waals surface area (Å²) in [6, 6.07) is 0. The molecule has 0 aromatic rings. The Morgan fingerprint density at radius 3 is 2.79 bits per heavy atom. The van der Waals surface area contributed by atoms with Crippen molar-refractivity contribution >= 4 is 5.91 Å². The topological polar surface area (TPSA) is 40.5 Å². The number of aliphatic hydroxyl groups is 1. The molecule has 0 bridgehead atoms. The fourth-order valence-electron chi connectivity index (χ4n) is 1.85. The Morgan fingerprint density at radius 1 is 1.64 bits per heavy atom. The van der Waals surface area contributed by atoms with E-state index in [2.05, 4.69) is 6.58 Å². The maximum atomic E-state index is 11.4. The third kappa shape index (κ3) is 2.58. The lowest BCUT2D eigenvalue weighted by Gasteiger charge is -2.46. The number of nitrogens with zero attached hydrogens (tertiary/aromatic N) is 1. The van der Waals surface area contributed by atoms with Gasteiger partial charge in [0.05, 0.1) is 18.7 Å². The molecule has 1 aliphatic heterocycles. The Labute approximate surface area is 85.4 Å². The van der Waals surface area contributed by atoms with Gasteiger partial charge in [-0.05, 0) is 12.8 Å². The summed E-state index contributed by atoms with van der Waals surface area (Å²) in [5.74, 6) is 0.130. The Kier molecular flexibility index (Phi) is 3.69. The number of rotatable bonds is 5. The molecule has 0 saturated carbocycles. The molecular formula is C11H19NO2. The zero-order valence-electron chi connectivity index (χ0n) is 8.83. The van der Waals surface area contributed by atoms with Gasteiger partial charge in [-0.2, -0.15) is 0 Å². The molecule has 1 fully saturated rings. The van der Waals surface area contributed by atoms with Crippen LogP contribution in [-0.2, 0) is 4.79 Å². The number of β-amino-alcohol motifs (C(OH)–C–C–N with tert-alkyl or cyclic N) is 1. The fourth-order valence-corrected chi connectivity index (χ4v) is 1.85. The van der Waals surface area contributed by atoms with Gasteiger partial charge in [0, 0.05) is 6.42 Å². The third-order valence-electron chi connectivity index (χ3n) is 2.60. The van der Waals surface area contributed by atoms with E-state index in [1.807, 2.05) is 6.92 Å². The predicted octanol–water partition coefficient (Wildman–Crippen LogP) is 1.33. The van der Waals surface area contributed by atoms with E-state index in [1.165, 1.54) is 0 Å². The first-order valence-electron chi connectivity index (χ1n) is 5.22. The van der Waals surface area contributed by atoms with Crippen LogP contribution < -0.4 is 0 Å². The summed E-state index contributed by atoms with van der Waals surface area (Å²) in [6.45, 7) is 6.64. The second kappa shape index (κ2) is 4.60. The Balaban J connectivity index is 2.25. The summed E-state index contributed by atoms with van der Waals surface area (Å²) in [4.78, 5) is 13.2. The number of allylic oxidation sites excluding steroid dienone is 1. The molecule has 1 aliphatic rings. The zero-order valence-corrected chi connectivity index (χ0v) is 8.83. The Bertz CT molecular complexity index is 219. The maximum Gasteiger partial charge on any atom is 0.223 e. The largest absolute Gasteiger partial charge is 0.386 e. The molecule has 1 heterocycles. The number of hydrogen-bond acceptors (Lipinski definition) is 2.